The number of aromatic nitrogens is 2. The van der Waals surface area contributed by atoms with Gasteiger partial charge in [-0.25, -0.2) is 4.98 Å². The molecule has 134 valence electrons. The summed E-state index contributed by atoms with van der Waals surface area (Å²) in [5.41, 5.74) is 3.33. The summed E-state index contributed by atoms with van der Waals surface area (Å²) < 4.78 is 0. The maximum atomic E-state index is 12.6. The summed E-state index contributed by atoms with van der Waals surface area (Å²) in [6.07, 6.45) is 5.27. The second-order valence-electron chi connectivity index (χ2n) is 6.79. The van der Waals surface area contributed by atoms with Crippen LogP contribution in [0.25, 0.3) is 17.1 Å². The van der Waals surface area contributed by atoms with Crippen LogP contribution in [0.15, 0.2) is 54.6 Å². The lowest BCUT2D eigenvalue weighted by Gasteiger charge is -2.31. The summed E-state index contributed by atoms with van der Waals surface area (Å²) in [6, 6.07) is 17.4. The largest absolute Gasteiger partial charge is 0.342 e. The highest BCUT2D eigenvalue weighted by atomic mass is 16.2. The maximum absolute atomic E-state index is 12.6. The molecule has 1 aliphatic heterocycles. The molecule has 1 aliphatic rings. The monoisotopic (exact) mass is 356 g/mol. The van der Waals surface area contributed by atoms with E-state index < -0.39 is 0 Å². The van der Waals surface area contributed by atoms with Gasteiger partial charge in [0.1, 0.15) is 5.82 Å². The third kappa shape index (κ3) is 3.61. The van der Waals surface area contributed by atoms with Crippen molar-refractivity contribution in [3.63, 3.8) is 0 Å². The van der Waals surface area contributed by atoms with Crippen LogP contribution in [0.5, 0.6) is 0 Å². The van der Waals surface area contributed by atoms with E-state index in [-0.39, 0.29) is 11.8 Å². The third-order valence-electron chi connectivity index (χ3n) is 5.01. The van der Waals surface area contributed by atoms with Crippen molar-refractivity contribution in [2.45, 2.75) is 18.8 Å². The van der Waals surface area contributed by atoms with E-state index in [0.29, 0.717) is 12.1 Å². The number of fused-ring (bicyclic) bond motifs is 1. The lowest BCUT2D eigenvalue weighted by atomic mass is 9.97. The highest BCUT2D eigenvalue weighted by Gasteiger charge is 2.25. The molecule has 27 heavy (non-hydrogen) atoms. The van der Waals surface area contributed by atoms with Crippen LogP contribution < -0.4 is 0 Å². The normalized spacial score (nSPS) is 17.3. The molecule has 0 saturated carbocycles. The number of amides is 1. The van der Waals surface area contributed by atoms with Crippen molar-refractivity contribution in [3.05, 3.63) is 71.6 Å². The lowest BCUT2D eigenvalue weighted by molar-refractivity contribution is -0.127. The number of likely N-dealkylation sites (tertiary alicyclic amines) is 1. The van der Waals surface area contributed by atoms with Crippen LogP contribution >= 0.6 is 0 Å². The zero-order valence-electron chi connectivity index (χ0n) is 14.9. The zero-order chi connectivity index (χ0) is 18.6. The van der Waals surface area contributed by atoms with Gasteiger partial charge < -0.3 is 9.88 Å². The van der Waals surface area contributed by atoms with Gasteiger partial charge in [-0.15, -0.1) is 0 Å². The Morgan fingerprint density at radius 2 is 2.04 bits per heavy atom. The molecule has 2 aromatic carbocycles. The number of nitrogens with zero attached hydrogens (tertiary/aromatic N) is 3. The SMILES string of the molecule is N#Cc1ccccc1/C=C/C(=O)N1CCC[C@@H](c2nc3ccccc3[nH]2)C1. The predicted molar refractivity (Wildman–Crippen MR) is 105 cm³/mol. The first-order chi connectivity index (χ1) is 13.2. The second kappa shape index (κ2) is 7.46. The molecule has 0 aliphatic carbocycles. The van der Waals surface area contributed by atoms with Crippen molar-refractivity contribution >= 4 is 23.0 Å². The maximum Gasteiger partial charge on any atom is 0.246 e. The average Bonchev–Trinajstić information content (AvgIpc) is 3.16. The number of hydrogen-bond acceptors (Lipinski definition) is 3. The number of para-hydroxylation sites is 2. The number of carbonyl (C=O) groups excluding carboxylic acids is 1. The zero-order valence-corrected chi connectivity index (χ0v) is 14.9. The van der Waals surface area contributed by atoms with Gasteiger partial charge in [0.15, 0.2) is 0 Å². The topological polar surface area (TPSA) is 72.8 Å². The first kappa shape index (κ1) is 17.0. The van der Waals surface area contributed by atoms with E-state index in [0.717, 1.165) is 41.8 Å². The van der Waals surface area contributed by atoms with E-state index in [9.17, 15) is 4.79 Å². The molecule has 1 fully saturated rings. The fourth-order valence-corrected chi connectivity index (χ4v) is 3.58. The minimum Gasteiger partial charge on any atom is -0.342 e. The highest BCUT2D eigenvalue weighted by molar-refractivity contribution is 5.92. The molecule has 1 amide bonds. The van der Waals surface area contributed by atoms with E-state index in [1.54, 1.807) is 18.2 Å². The molecule has 5 nitrogen and oxygen atoms in total. The molecule has 2 heterocycles. The molecule has 0 radical (unpaired) electrons. The minimum absolute atomic E-state index is 0.0245. The Kier molecular flexibility index (Phi) is 4.71. The summed E-state index contributed by atoms with van der Waals surface area (Å²) in [4.78, 5) is 22.6. The van der Waals surface area contributed by atoms with Crippen molar-refractivity contribution in [1.82, 2.24) is 14.9 Å². The summed E-state index contributed by atoms with van der Waals surface area (Å²) in [5, 5.41) is 9.16. The van der Waals surface area contributed by atoms with Gasteiger partial charge in [-0.05, 0) is 42.7 Å². The van der Waals surface area contributed by atoms with Crippen molar-refractivity contribution in [3.8, 4) is 6.07 Å². The minimum atomic E-state index is -0.0245. The molecular formula is C22H20N4O. The highest BCUT2D eigenvalue weighted by Crippen LogP contribution is 2.27. The van der Waals surface area contributed by atoms with E-state index in [1.807, 2.05) is 47.4 Å². The number of piperidine rings is 1. The van der Waals surface area contributed by atoms with Crippen LogP contribution in [-0.4, -0.2) is 33.9 Å². The number of imidazole rings is 1. The molecule has 1 saturated heterocycles. The number of benzene rings is 2. The number of aromatic amines is 1. The Bertz CT molecular complexity index is 1010. The third-order valence-corrected chi connectivity index (χ3v) is 5.01. The summed E-state index contributed by atoms with van der Waals surface area (Å²) >= 11 is 0. The molecule has 0 bridgehead atoms. The van der Waals surface area contributed by atoms with Crippen molar-refractivity contribution in [2.24, 2.45) is 0 Å². The van der Waals surface area contributed by atoms with Crippen molar-refractivity contribution < 1.29 is 4.79 Å². The molecule has 3 aromatic rings. The summed E-state index contributed by atoms with van der Waals surface area (Å²) in [7, 11) is 0. The first-order valence-electron chi connectivity index (χ1n) is 9.15. The van der Waals surface area contributed by atoms with Gasteiger partial charge in [-0.2, -0.15) is 5.26 Å². The standard InChI is InChI=1S/C22H20N4O/c23-14-17-7-2-1-6-16(17)11-12-21(27)26-13-5-8-18(15-26)22-24-19-9-3-4-10-20(19)25-22/h1-4,6-7,9-12,18H,5,8,13,15H2,(H,24,25)/b12-11+/t18-/m1/s1. The molecule has 0 spiro atoms. The Balaban J connectivity index is 1.48. The Morgan fingerprint density at radius 1 is 1.22 bits per heavy atom. The summed E-state index contributed by atoms with van der Waals surface area (Å²) in [6.45, 7) is 1.41. The Morgan fingerprint density at radius 3 is 2.89 bits per heavy atom. The number of H-pyrrole nitrogens is 1. The fraction of sp³-hybridized carbons (Fsp3) is 0.227. The van der Waals surface area contributed by atoms with Gasteiger partial charge in [0.25, 0.3) is 0 Å². The van der Waals surface area contributed by atoms with Gasteiger partial charge in [0.2, 0.25) is 5.91 Å². The Labute approximate surface area is 158 Å². The van der Waals surface area contributed by atoms with E-state index in [1.165, 1.54) is 0 Å². The van der Waals surface area contributed by atoms with Gasteiger partial charge in [-0.3, -0.25) is 4.79 Å². The van der Waals surface area contributed by atoms with Gasteiger partial charge in [-0.1, -0.05) is 30.3 Å². The van der Waals surface area contributed by atoms with E-state index >= 15 is 0 Å². The van der Waals surface area contributed by atoms with Crippen LogP contribution in [0.4, 0.5) is 0 Å². The molecule has 1 aromatic heterocycles. The molecule has 5 heteroatoms. The van der Waals surface area contributed by atoms with Crippen LogP contribution in [0.1, 0.15) is 35.7 Å². The van der Waals surface area contributed by atoms with Gasteiger partial charge in [0.05, 0.1) is 22.7 Å². The van der Waals surface area contributed by atoms with Crippen LogP contribution in [0.2, 0.25) is 0 Å². The quantitative estimate of drug-likeness (QED) is 0.724. The fourth-order valence-electron chi connectivity index (χ4n) is 3.58. The first-order valence-corrected chi connectivity index (χ1v) is 9.15. The predicted octanol–water partition coefficient (Wildman–Crippen LogP) is 3.85. The van der Waals surface area contributed by atoms with Gasteiger partial charge in [0, 0.05) is 25.1 Å². The van der Waals surface area contributed by atoms with E-state index in [2.05, 4.69) is 11.1 Å². The number of nitriles is 1. The number of rotatable bonds is 3. The van der Waals surface area contributed by atoms with Crippen molar-refractivity contribution in [2.75, 3.05) is 13.1 Å². The molecule has 1 N–H and O–H groups in total. The molecular weight excluding hydrogens is 336 g/mol. The number of hydrogen-bond donors (Lipinski definition) is 1. The van der Waals surface area contributed by atoms with Crippen LogP contribution in [0, 0.1) is 11.3 Å². The molecule has 4 rings (SSSR count). The van der Waals surface area contributed by atoms with E-state index in [4.69, 9.17) is 10.2 Å². The van der Waals surface area contributed by atoms with Crippen LogP contribution in [-0.2, 0) is 4.79 Å². The van der Waals surface area contributed by atoms with Crippen molar-refractivity contribution in [1.29, 1.82) is 5.26 Å². The second-order valence-corrected chi connectivity index (χ2v) is 6.79. The smallest absolute Gasteiger partial charge is 0.246 e. The Hall–Kier alpha value is -3.39. The van der Waals surface area contributed by atoms with Gasteiger partial charge >= 0.3 is 0 Å². The summed E-state index contributed by atoms with van der Waals surface area (Å²) in [5.74, 6) is 1.14. The molecule has 1 atom stereocenters. The molecule has 0 unspecified atom stereocenters. The van der Waals surface area contributed by atoms with Crippen LogP contribution in [0.3, 0.4) is 0 Å². The number of nitrogens with one attached hydrogen (secondary N) is 1. The lowest BCUT2D eigenvalue weighted by Crippen LogP contribution is -2.38. The number of carbonyl (C=O) groups is 1. The average molecular weight is 356 g/mol.